The van der Waals surface area contributed by atoms with Gasteiger partial charge in [-0.05, 0) is 35.3 Å². The van der Waals surface area contributed by atoms with Gasteiger partial charge in [0.2, 0.25) is 0 Å². The molecule has 6 nitrogen and oxygen atoms in total. The first kappa shape index (κ1) is 21.0. The van der Waals surface area contributed by atoms with Crippen LogP contribution < -0.4 is 14.8 Å². The quantitative estimate of drug-likeness (QED) is 0.532. The van der Waals surface area contributed by atoms with Gasteiger partial charge in [0.05, 0.1) is 14.2 Å². The van der Waals surface area contributed by atoms with Crippen molar-refractivity contribution < 1.29 is 23.8 Å². The zero-order chi connectivity index (χ0) is 20.4. The molecule has 0 saturated carbocycles. The number of benzene rings is 2. The summed E-state index contributed by atoms with van der Waals surface area (Å²) >= 11 is 0. The lowest BCUT2D eigenvalue weighted by Gasteiger charge is -2.12. The second-order valence-corrected chi connectivity index (χ2v) is 6.17. The zero-order valence-electron chi connectivity index (χ0n) is 16.3. The van der Waals surface area contributed by atoms with E-state index in [0.717, 1.165) is 11.1 Å². The van der Waals surface area contributed by atoms with Crippen LogP contribution in [-0.2, 0) is 14.3 Å². The number of hydrogen-bond donors (Lipinski definition) is 1. The summed E-state index contributed by atoms with van der Waals surface area (Å²) in [7, 11) is 3.09. The lowest BCUT2D eigenvalue weighted by atomic mass is 10.0. The van der Waals surface area contributed by atoms with Gasteiger partial charge in [-0.15, -0.1) is 0 Å². The highest BCUT2D eigenvalue weighted by Gasteiger charge is 2.09. The van der Waals surface area contributed by atoms with Crippen LogP contribution in [0, 0.1) is 0 Å². The molecule has 0 heterocycles. The van der Waals surface area contributed by atoms with Crippen molar-refractivity contribution in [3.8, 4) is 11.5 Å². The average Bonchev–Trinajstić information content (AvgIpc) is 2.74. The fourth-order valence-corrected chi connectivity index (χ4v) is 2.52. The lowest BCUT2D eigenvalue weighted by molar-refractivity contribution is -0.143. The molecule has 0 aliphatic carbocycles. The van der Waals surface area contributed by atoms with Gasteiger partial charge in [0.15, 0.2) is 18.1 Å². The fourth-order valence-electron chi connectivity index (χ4n) is 2.52. The molecule has 2 aromatic carbocycles. The third kappa shape index (κ3) is 6.46. The summed E-state index contributed by atoms with van der Waals surface area (Å²) in [6.07, 6.45) is 2.85. The van der Waals surface area contributed by atoms with Gasteiger partial charge in [0.25, 0.3) is 5.91 Å². The van der Waals surface area contributed by atoms with E-state index >= 15 is 0 Å². The van der Waals surface area contributed by atoms with Crippen LogP contribution in [-0.4, -0.2) is 39.2 Å². The Labute approximate surface area is 165 Å². The highest BCUT2D eigenvalue weighted by Crippen LogP contribution is 2.27. The van der Waals surface area contributed by atoms with Gasteiger partial charge in [-0.3, -0.25) is 4.79 Å². The molecule has 2 aromatic rings. The van der Waals surface area contributed by atoms with Crippen LogP contribution in [0.3, 0.4) is 0 Å². The Hall–Kier alpha value is -3.28. The van der Waals surface area contributed by atoms with Gasteiger partial charge in [-0.1, -0.05) is 43.3 Å². The number of carbonyl (C=O) groups is 2. The molecule has 6 heteroatoms. The summed E-state index contributed by atoms with van der Waals surface area (Å²) in [5.41, 5.74) is 1.88. The van der Waals surface area contributed by atoms with Crippen LogP contribution in [0.5, 0.6) is 11.5 Å². The van der Waals surface area contributed by atoms with Gasteiger partial charge < -0.3 is 19.5 Å². The molecule has 0 saturated heterocycles. The summed E-state index contributed by atoms with van der Waals surface area (Å²) in [5, 5.41) is 2.77. The zero-order valence-corrected chi connectivity index (χ0v) is 16.3. The van der Waals surface area contributed by atoms with Crippen molar-refractivity contribution in [2.24, 2.45) is 0 Å². The van der Waals surface area contributed by atoms with E-state index in [9.17, 15) is 9.59 Å². The standard InChI is InChI=1S/C22H25NO5/c1-16(18-7-5-4-6-8-18)14-23-21(24)15-28-22(25)12-10-17-9-11-19(26-2)20(13-17)27-3/h4-13,16H,14-15H2,1-3H3,(H,23,24)/b12-10+/t16-/m0/s1. The molecule has 0 radical (unpaired) electrons. The Kier molecular flexibility index (Phi) is 8.09. The van der Waals surface area contributed by atoms with Crippen molar-refractivity contribution in [3.63, 3.8) is 0 Å². The van der Waals surface area contributed by atoms with Crippen LogP contribution in [0.2, 0.25) is 0 Å². The Morgan fingerprint density at radius 2 is 1.75 bits per heavy atom. The van der Waals surface area contributed by atoms with Gasteiger partial charge >= 0.3 is 5.97 Å². The van der Waals surface area contributed by atoms with Crippen LogP contribution in [0.15, 0.2) is 54.6 Å². The number of rotatable bonds is 9. The molecule has 1 amide bonds. The number of amides is 1. The number of hydrogen-bond acceptors (Lipinski definition) is 5. The van der Waals surface area contributed by atoms with E-state index in [2.05, 4.69) is 5.32 Å². The number of nitrogens with one attached hydrogen (secondary N) is 1. The van der Waals surface area contributed by atoms with Crippen molar-refractivity contribution in [1.82, 2.24) is 5.32 Å². The minimum Gasteiger partial charge on any atom is -0.493 e. The summed E-state index contributed by atoms with van der Waals surface area (Å²) < 4.78 is 15.3. The predicted octanol–water partition coefficient (Wildman–Crippen LogP) is 3.18. The Balaban J connectivity index is 1.77. The third-order valence-electron chi connectivity index (χ3n) is 4.14. The van der Waals surface area contributed by atoms with Crippen molar-refractivity contribution in [2.45, 2.75) is 12.8 Å². The monoisotopic (exact) mass is 383 g/mol. The van der Waals surface area contributed by atoms with Crippen molar-refractivity contribution in [3.05, 3.63) is 65.7 Å². The van der Waals surface area contributed by atoms with Crippen LogP contribution >= 0.6 is 0 Å². The van der Waals surface area contributed by atoms with Crippen LogP contribution in [0.4, 0.5) is 0 Å². The highest BCUT2D eigenvalue weighted by molar-refractivity contribution is 5.89. The van der Waals surface area contributed by atoms with E-state index < -0.39 is 5.97 Å². The molecule has 1 atom stereocenters. The molecule has 0 bridgehead atoms. The number of methoxy groups -OCH3 is 2. The van der Waals surface area contributed by atoms with Gasteiger partial charge in [0, 0.05) is 12.6 Å². The lowest BCUT2D eigenvalue weighted by Crippen LogP contribution is -2.31. The maximum atomic E-state index is 11.9. The molecular formula is C22H25NO5. The number of carbonyl (C=O) groups excluding carboxylic acids is 2. The Morgan fingerprint density at radius 3 is 2.43 bits per heavy atom. The fraction of sp³-hybridized carbons (Fsp3) is 0.273. The SMILES string of the molecule is COc1ccc(/C=C/C(=O)OCC(=O)NC[C@H](C)c2ccccc2)cc1OC. The van der Waals surface area contributed by atoms with Gasteiger partial charge in [-0.25, -0.2) is 4.79 Å². The smallest absolute Gasteiger partial charge is 0.331 e. The molecule has 0 aliphatic rings. The molecule has 0 aliphatic heterocycles. The minimum absolute atomic E-state index is 0.172. The first-order valence-corrected chi connectivity index (χ1v) is 8.92. The molecule has 28 heavy (non-hydrogen) atoms. The summed E-state index contributed by atoms with van der Waals surface area (Å²) in [4.78, 5) is 23.7. The van der Waals surface area contributed by atoms with Crippen LogP contribution in [0.1, 0.15) is 24.0 Å². The summed E-state index contributed by atoms with van der Waals surface area (Å²) in [6.45, 7) is 2.17. The second-order valence-electron chi connectivity index (χ2n) is 6.17. The molecule has 2 rings (SSSR count). The molecule has 0 aromatic heterocycles. The number of esters is 1. The van der Waals surface area contributed by atoms with Crippen molar-refractivity contribution in [1.29, 1.82) is 0 Å². The van der Waals surface area contributed by atoms with Gasteiger partial charge in [0.1, 0.15) is 0 Å². The molecule has 0 unspecified atom stereocenters. The molecule has 0 fully saturated rings. The number of ether oxygens (including phenoxy) is 3. The normalized spacial score (nSPS) is 11.7. The predicted molar refractivity (Wildman–Crippen MR) is 107 cm³/mol. The maximum Gasteiger partial charge on any atom is 0.331 e. The van der Waals surface area contributed by atoms with E-state index in [1.165, 1.54) is 13.2 Å². The van der Waals surface area contributed by atoms with Crippen LogP contribution in [0.25, 0.3) is 6.08 Å². The van der Waals surface area contributed by atoms with E-state index in [1.54, 1.807) is 31.4 Å². The first-order chi connectivity index (χ1) is 13.5. The Bertz CT molecular complexity index is 817. The molecule has 0 spiro atoms. The van der Waals surface area contributed by atoms with Crippen molar-refractivity contribution in [2.75, 3.05) is 27.4 Å². The van der Waals surface area contributed by atoms with E-state index in [-0.39, 0.29) is 18.4 Å². The second kappa shape index (κ2) is 10.8. The van der Waals surface area contributed by atoms with E-state index in [1.807, 2.05) is 37.3 Å². The topological polar surface area (TPSA) is 73.9 Å². The highest BCUT2D eigenvalue weighted by atomic mass is 16.5. The minimum atomic E-state index is -0.596. The van der Waals surface area contributed by atoms with E-state index in [4.69, 9.17) is 14.2 Å². The molecule has 148 valence electrons. The average molecular weight is 383 g/mol. The molecule has 1 N–H and O–H groups in total. The largest absolute Gasteiger partial charge is 0.493 e. The third-order valence-corrected chi connectivity index (χ3v) is 4.14. The summed E-state index contributed by atoms with van der Waals surface area (Å²) in [6, 6.07) is 15.1. The van der Waals surface area contributed by atoms with Crippen molar-refractivity contribution >= 4 is 18.0 Å². The van der Waals surface area contributed by atoms with Gasteiger partial charge in [-0.2, -0.15) is 0 Å². The first-order valence-electron chi connectivity index (χ1n) is 8.92. The summed E-state index contributed by atoms with van der Waals surface area (Å²) in [5.74, 6) is 0.399. The maximum absolute atomic E-state index is 11.9. The van der Waals surface area contributed by atoms with E-state index in [0.29, 0.717) is 18.0 Å². The Morgan fingerprint density at radius 1 is 1.04 bits per heavy atom. The molecular weight excluding hydrogens is 358 g/mol.